The number of benzene rings is 8. The van der Waals surface area contributed by atoms with Crippen molar-refractivity contribution >= 4 is 80.0 Å². The molecule has 0 bridgehead atoms. The van der Waals surface area contributed by atoms with Crippen molar-refractivity contribution in [1.82, 2.24) is 4.57 Å². The normalized spacial score (nSPS) is 14.9. The van der Waals surface area contributed by atoms with Gasteiger partial charge in [-0.15, -0.1) is 0 Å². The molecule has 0 atom stereocenters. The maximum Gasteiger partial charge on any atom is 0.295 e. The Bertz CT molecular complexity index is 4010. The van der Waals surface area contributed by atoms with Gasteiger partial charge in [0.15, 0.2) is 11.0 Å². The third-order valence-electron chi connectivity index (χ3n) is 18.1. The molecule has 13 rings (SSSR count). The van der Waals surface area contributed by atoms with Crippen molar-refractivity contribution in [2.75, 3.05) is 9.80 Å². The number of hydrogen-bond acceptors (Lipinski definition) is 3. The van der Waals surface area contributed by atoms with Gasteiger partial charge in [0, 0.05) is 43.4 Å². The second-order valence-corrected chi connectivity index (χ2v) is 28.5. The van der Waals surface area contributed by atoms with Crippen molar-refractivity contribution in [3.8, 4) is 28.2 Å². The molecule has 1 aromatic heterocycles. The molecule has 0 amide bonds. The maximum absolute atomic E-state index is 2.71. The molecule has 392 valence electrons. The van der Waals surface area contributed by atoms with Crippen molar-refractivity contribution in [2.24, 2.45) is 7.05 Å². The van der Waals surface area contributed by atoms with Gasteiger partial charge in [0.1, 0.15) is 5.69 Å². The van der Waals surface area contributed by atoms with Crippen molar-refractivity contribution < 1.29 is 4.57 Å². The van der Waals surface area contributed by atoms with E-state index in [-0.39, 0.29) is 28.4 Å². The fourth-order valence-electron chi connectivity index (χ4n) is 13.7. The summed E-state index contributed by atoms with van der Waals surface area (Å²) in [5.41, 5.74) is 29.8. The Balaban J connectivity index is 1.17. The molecule has 5 heterocycles. The van der Waals surface area contributed by atoms with Crippen LogP contribution in [0, 0.1) is 6.92 Å². The Hall–Kier alpha value is -6.76. The van der Waals surface area contributed by atoms with Gasteiger partial charge in [0.2, 0.25) is 0 Å². The van der Waals surface area contributed by atoms with Gasteiger partial charge in [-0.25, -0.2) is 4.57 Å². The molecule has 6 heteroatoms. The minimum atomic E-state index is -0.269. The fraction of sp³-hybridized carbons (Fsp3) is 0.319. The largest absolute Gasteiger partial charge is 0.311 e. The first-order chi connectivity index (χ1) is 36.8. The van der Waals surface area contributed by atoms with Crippen molar-refractivity contribution in [2.45, 2.75) is 154 Å². The van der Waals surface area contributed by atoms with E-state index in [4.69, 9.17) is 0 Å². The summed E-state index contributed by atoms with van der Waals surface area (Å²) in [6.07, 6.45) is 0. The van der Waals surface area contributed by atoms with Crippen LogP contribution in [0.5, 0.6) is 0 Å². The highest BCUT2D eigenvalue weighted by Crippen LogP contribution is 2.59. The van der Waals surface area contributed by atoms with E-state index in [1.165, 1.54) is 144 Å². The van der Waals surface area contributed by atoms with Gasteiger partial charge in [-0.3, -0.25) is 0 Å². The Labute approximate surface area is 469 Å². The van der Waals surface area contributed by atoms with Crippen LogP contribution in [0.1, 0.15) is 160 Å². The van der Waals surface area contributed by atoms with E-state index in [1.807, 2.05) is 11.8 Å². The lowest BCUT2D eigenvalue weighted by molar-refractivity contribution is -0.633. The number of nitrogens with zero attached hydrogens (tertiary/aromatic N) is 4. The van der Waals surface area contributed by atoms with Crippen molar-refractivity contribution in [1.29, 1.82) is 0 Å². The van der Waals surface area contributed by atoms with Gasteiger partial charge in [0.25, 0.3) is 12.5 Å². The SMILES string of the molecule is Cc1ccccc1-c1n(-c2c(C(C)C)cccc2C(C)C)c2cc(-c3cc4c5c(c3)N3c6ccc(C(C)(C)C)cc6C(C)(C)c6cc(C(C)(C)C)cc(c63)B5c3cccc5c3N4c3ccc(C(C)(C)C)cc3S5)ccc2[n+]1C. The molecule has 0 spiro atoms. The zero-order valence-electron chi connectivity index (χ0n) is 49.2. The molecule has 4 aliphatic rings. The van der Waals surface area contributed by atoms with E-state index in [1.54, 1.807) is 0 Å². The van der Waals surface area contributed by atoms with Crippen LogP contribution in [0.4, 0.5) is 34.1 Å². The highest BCUT2D eigenvalue weighted by molar-refractivity contribution is 7.99. The topological polar surface area (TPSA) is 15.3 Å². The first kappa shape index (κ1) is 50.7. The molecular weight excluding hydrogens is 964 g/mol. The standard InChI is InChI=1S/C72H76BN4S/c1-41(2)49-24-20-25-50(42(3)4)65(49)77-59-34-44(28-31-57(59)74(17)68(77)51-23-19-18-22-43(51)5)45-35-60-64-61(36-45)76-58-33-30-47(70(9,10)11)40-63(58)78-62-27-21-26-54(67(62)76)73(64)55-39-48(71(12,13)14)38-53-66(55)75(60)56-32-29-46(69(6,7)8)37-52(56)72(53,15)16/h18-42H,1-17H3/q+1. The lowest BCUT2D eigenvalue weighted by atomic mass is 9.32. The molecule has 0 aliphatic carbocycles. The Morgan fingerprint density at radius 3 is 1.76 bits per heavy atom. The molecule has 0 unspecified atom stereocenters. The molecule has 0 radical (unpaired) electrons. The van der Waals surface area contributed by atoms with Gasteiger partial charge >= 0.3 is 0 Å². The highest BCUT2D eigenvalue weighted by atomic mass is 32.2. The monoisotopic (exact) mass is 1040 g/mol. The average Bonchev–Trinajstić information content (AvgIpc) is 3.81. The van der Waals surface area contributed by atoms with Crippen LogP contribution in [-0.2, 0) is 28.7 Å². The summed E-state index contributed by atoms with van der Waals surface area (Å²) >= 11 is 1.94. The number of aromatic nitrogens is 2. The molecule has 4 aliphatic heterocycles. The van der Waals surface area contributed by atoms with Crippen LogP contribution < -0.4 is 30.8 Å². The highest BCUT2D eigenvalue weighted by Gasteiger charge is 2.50. The van der Waals surface area contributed by atoms with E-state index in [0.29, 0.717) is 11.8 Å². The van der Waals surface area contributed by atoms with Crippen LogP contribution >= 0.6 is 11.8 Å². The number of para-hydroxylation sites is 2. The second-order valence-electron chi connectivity index (χ2n) is 27.4. The molecule has 0 saturated carbocycles. The first-order valence-electron chi connectivity index (χ1n) is 28.7. The lowest BCUT2D eigenvalue weighted by Gasteiger charge is -2.51. The van der Waals surface area contributed by atoms with E-state index in [2.05, 4.69) is 276 Å². The third-order valence-corrected chi connectivity index (χ3v) is 19.2. The van der Waals surface area contributed by atoms with Crippen LogP contribution in [-0.4, -0.2) is 11.3 Å². The Morgan fingerprint density at radius 2 is 1.12 bits per heavy atom. The molecule has 8 aromatic carbocycles. The predicted molar refractivity (Wildman–Crippen MR) is 335 cm³/mol. The minimum absolute atomic E-state index is 0.00981. The van der Waals surface area contributed by atoms with E-state index < -0.39 is 0 Å². The van der Waals surface area contributed by atoms with Crippen LogP contribution in [0.25, 0.3) is 39.2 Å². The number of aryl methyl sites for hydroxylation is 2. The molecular formula is C72H76BN4S+. The number of anilines is 6. The number of rotatable bonds is 5. The second kappa shape index (κ2) is 17.1. The zero-order chi connectivity index (χ0) is 55.0. The summed E-state index contributed by atoms with van der Waals surface area (Å²) in [5, 5.41) is 0. The predicted octanol–water partition coefficient (Wildman–Crippen LogP) is 17.4. The summed E-state index contributed by atoms with van der Waals surface area (Å²) in [6.45, 7) is 37.9. The molecule has 0 N–H and O–H groups in total. The van der Waals surface area contributed by atoms with E-state index in [9.17, 15) is 0 Å². The summed E-state index contributed by atoms with van der Waals surface area (Å²) in [6, 6.07) is 55.4. The molecule has 0 saturated heterocycles. The molecule has 9 aromatic rings. The zero-order valence-corrected chi connectivity index (χ0v) is 50.0. The number of imidazole rings is 1. The Kier molecular flexibility index (Phi) is 11.1. The van der Waals surface area contributed by atoms with Crippen LogP contribution in [0.15, 0.2) is 149 Å². The third kappa shape index (κ3) is 7.37. The van der Waals surface area contributed by atoms with Gasteiger partial charge in [-0.1, -0.05) is 194 Å². The van der Waals surface area contributed by atoms with Gasteiger partial charge < -0.3 is 9.80 Å². The van der Waals surface area contributed by atoms with E-state index in [0.717, 1.165) is 0 Å². The molecule has 4 nitrogen and oxygen atoms in total. The summed E-state index contributed by atoms with van der Waals surface area (Å²) in [4.78, 5) is 8.00. The summed E-state index contributed by atoms with van der Waals surface area (Å²) in [5.74, 6) is 1.83. The average molecular weight is 1040 g/mol. The van der Waals surface area contributed by atoms with Crippen LogP contribution in [0.3, 0.4) is 0 Å². The van der Waals surface area contributed by atoms with Gasteiger partial charge in [-0.2, -0.15) is 4.57 Å². The lowest BCUT2D eigenvalue weighted by Crippen LogP contribution is -2.62. The van der Waals surface area contributed by atoms with E-state index >= 15 is 0 Å². The number of hydrogen-bond donors (Lipinski definition) is 0. The molecule has 0 fully saturated rings. The number of fused-ring (bicyclic) bond motifs is 9. The van der Waals surface area contributed by atoms with Crippen molar-refractivity contribution in [3.05, 3.63) is 184 Å². The minimum Gasteiger partial charge on any atom is -0.311 e. The van der Waals surface area contributed by atoms with Gasteiger partial charge in [0.05, 0.1) is 29.7 Å². The smallest absolute Gasteiger partial charge is 0.295 e. The summed E-state index contributed by atoms with van der Waals surface area (Å²) < 4.78 is 5.07. The van der Waals surface area contributed by atoms with Crippen LogP contribution in [0.2, 0.25) is 0 Å². The fourth-order valence-corrected chi connectivity index (χ4v) is 14.8. The maximum atomic E-state index is 2.71. The quantitative estimate of drug-likeness (QED) is 0.126. The van der Waals surface area contributed by atoms with Gasteiger partial charge in [-0.05, 0) is 157 Å². The summed E-state index contributed by atoms with van der Waals surface area (Å²) in [7, 11) is 2.27. The first-order valence-corrected chi connectivity index (χ1v) is 29.5. The Morgan fingerprint density at radius 1 is 0.513 bits per heavy atom. The van der Waals surface area contributed by atoms with Crippen molar-refractivity contribution in [3.63, 3.8) is 0 Å². The molecule has 78 heavy (non-hydrogen) atoms.